The molecule has 1 heterocycles. The van der Waals surface area contributed by atoms with Crippen LogP contribution in [0, 0.1) is 6.92 Å². The fourth-order valence-corrected chi connectivity index (χ4v) is 3.15. The van der Waals surface area contributed by atoms with Gasteiger partial charge in [0.05, 0.1) is 11.2 Å². The van der Waals surface area contributed by atoms with E-state index in [9.17, 15) is 0 Å². The zero-order valence-corrected chi connectivity index (χ0v) is 15.6. The van der Waals surface area contributed by atoms with Crippen molar-refractivity contribution in [3.8, 4) is 5.75 Å². The Morgan fingerprint density at radius 3 is 2.74 bits per heavy atom. The Morgan fingerprint density at radius 1 is 1.00 bits per heavy atom. The highest BCUT2D eigenvalue weighted by Crippen LogP contribution is 2.31. The van der Waals surface area contributed by atoms with Crippen LogP contribution < -0.4 is 10.1 Å². The van der Waals surface area contributed by atoms with Gasteiger partial charge in [0.1, 0.15) is 12.4 Å². The summed E-state index contributed by atoms with van der Waals surface area (Å²) >= 11 is 6.41. The maximum atomic E-state index is 6.41. The van der Waals surface area contributed by atoms with Crippen LogP contribution in [0.25, 0.3) is 10.8 Å². The first-order valence-electron chi connectivity index (χ1n) is 8.64. The molecule has 0 spiro atoms. The molecular formula is C22H18ClN3O. The first-order valence-corrected chi connectivity index (χ1v) is 9.02. The fourth-order valence-electron chi connectivity index (χ4n) is 2.92. The van der Waals surface area contributed by atoms with Crippen LogP contribution in [0.5, 0.6) is 5.75 Å². The van der Waals surface area contributed by atoms with Crippen molar-refractivity contribution in [2.75, 3.05) is 5.32 Å². The van der Waals surface area contributed by atoms with Gasteiger partial charge in [-0.25, -0.2) is 0 Å². The van der Waals surface area contributed by atoms with Crippen molar-refractivity contribution in [3.05, 3.63) is 89.1 Å². The van der Waals surface area contributed by atoms with E-state index in [-0.39, 0.29) is 0 Å². The molecule has 27 heavy (non-hydrogen) atoms. The molecule has 5 heteroatoms. The Balaban J connectivity index is 1.51. The standard InChI is InChI=1S/C22H18ClN3O/c1-15-5-4-6-16(11-15)14-27-21-10-9-18(12-20(21)23)25-22-19-8-3-2-7-17(19)13-24-26-22/h2-13H,14H2,1H3,(H,25,26). The molecule has 0 fully saturated rings. The zero-order valence-electron chi connectivity index (χ0n) is 14.8. The van der Waals surface area contributed by atoms with Crippen molar-refractivity contribution in [2.24, 2.45) is 0 Å². The summed E-state index contributed by atoms with van der Waals surface area (Å²) in [5, 5.41) is 14.1. The van der Waals surface area contributed by atoms with Gasteiger partial charge < -0.3 is 10.1 Å². The molecule has 0 radical (unpaired) electrons. The van der Waals surface area contributed by atoms with Crippen molar-refractivity contribution >= 4 is 33.9 Å². The predicted octanol–water partition coefficient (Wildman–Crippen LogP) is 5.91. The molecule has 1 aromatic heterocycles. The molecule has 0 aliphatic heterocycles. The van der Waals surface area contributed by atoms with Crippen LogP contribution in [0.1, 0.15) is 11.1 Å². The van der Waals surface area contributed by atoms with Gasteiger partial charge in [-0.2, -0.15) is 5.10 Å². The molecule has 0 unspecified atom stereocenters. The van der Waals surface area contributed by atoms with Crippen LogP contribution in [-0.2, 0) is 6.61 Å². The number of nitrogens with one attached hydrogen (secondary N) is 1. The van der Waals surface area contributed by atoms with Gasteiger partial charge in [0, 0.05) is 16.5 Å². The van der Waals surface area contributed by atoms with Crippen LogP contribution >= 0.6 is 11.6 Å². The summed E-state index contributed by atoms with van der Waals surface area (Å²) in [5.74, 6) is 1.34. The summed E-state index contributed by atoms with van der Waals surface area (Å²) < 4.78 is 5.87. The predicted molar refractivity (Wildman–Crippen MR) is 110 cm³/mol. The van der Waals surface area contributed by atoms with Crippen molar-refractivity contribution in [3.63, 3.8) is 0 Å². The Hall–Kier alpha value is -3.11. The van der Waals surface area contributed by atoms with Crippen molar-refractivity contribution in [1.82, 2.24) is 10.2 Å². The lowest BCUT2D eigenvalue weighted by atomic mass is 10.1. The molecule has 0 aliphatic rings. The second kappa shape index (κ2) is 7.64. The van der Waals surface area contributed by atoms with Gasteiger partial charge in [-0.05, 0) is 30.7 Å². The first-order chi connectivity index (χ1) is 13.2. The van der Waals surface area contributed by atoms with E-state index in [4.69, 9.17) is 16.3 Å². The minimum absolute atomic E-state index is 0.475. The molecular weight excluding hydrogens is 358 g/mol. The summed E-state index contributed by atoms with van der Waals surface area (Å²) in [7, 11) is 0. The van der Waals surface area contributed by atoms with E-state index >= 15 is 0 Å². The number of hydrogen-bond acceptors (Lipinski definition) is 4. The number of halogens is 1. The molecule has 0 atom stereocenters. The highest BCUT2D eigenvalue weighted by molar-refractivity contribution is 6.32. The van der Waals surface area contributed by atoms with Crippen molar-refractivity contribution in [2.45, 2.75) is 13.5 Å². The first kappa shape index (κ1) is 17.3. The number of fused-ring (bicyclic) bond motifs is 1. The number of ether oxygens (including phenoxy) is 1. The summed E-state index contributed by atoms with van der Waals surface area (Å²) in [6, 6.07) is 21.8. The number of benzene rings is 3. The van der Waals surface area contributed by atoms with Gasteiger partial charge in [-0.15, -0.1) is 5.10 Å². The third-order valence-corrected chi connectivity index (χ3v) is 4.54. The Labute approximate surface area is 162 Å². The lowest BCUT2D eigenvalue weighted by molar-refractivity contribution is 0.306. The van der Waals surface area contributed by atoms with Gasteiger partial charge in [0.25, 0.3) is 0 Å². The SMILES string of the molecule is Cc1cccc(COc2ccc(Nc3nncc4ccccc34)cc2Cl)c1. The Bertz CT molecular complexity index is 1090. The van der Waals surface area contributed by atoms with Crippen LogP contribution in [0.4, 0.5) is 11.5 Å². The fraction of sp³-hybridized carbons (Fsp3) is 0.0909. The normalized spacial score (nSPS) is 10.7. The van der Waals surface area contributed by atoms with Crippen LogP contribution in [0.2, 0.25) is 5.02 Å². The maximum Gasteiger partial charge on any atom is 0.160 e. The van der Waals surface area contributed by atoms with Gasteiger partial charge in [0.15, 0.2) is 5.82 Å². The van der Waals surface area contributed by atoms with E-state index < -0.39 is 0 Å². The molecule has 0 bridgehead atoms. The molecule has 4 rings (SSSR count). The lowest BCUT2D eigenvalue weighted by Gasteiger charge is -2.12. The second-order valence-corrected chi connectivity index (χ2v) is 6.74. The zero-order chi connectivity index (χ0) is 18.6. The molecule has 0 saturated heterocycles. The van der Waals surface area contributed by atoms with Gasteiger partial charge >= 0.3 is 0 Å². The number of aromatic nitrogens is 2. The topological polar surface area (TPSA) is 47.0 Å². The number of hydrogen-bond donors (Lipinski definition) is 1. The number of anilines is 2. The van der Waals surface area contributed by atoms with Gasteiger partial charge in [-0.1, -0.05) is 65.7 Å². The Morgan fingerprint density at radius 2 is 1.89 bits per heavy atom. The molecule has 4 aromatic rings. The van der Waals surface area contributed by atoms with Gasteiger partial charge in [0.2, 0.25) is 0 Å². The largest absolute Gasteiger partial charge is 0.487 e. The van der Waals surface area contributed by atoms with E-state index in [0.29, 0.717) is 23.2 Å². The summed E-state index contributed by atoms with van der Waals surface area (Å²) in [6.45, 7) is 2.54. The van der Waals surface area contributed by atoms with E-state index in [1.54, 1.807) is 6.20 Å². The second-order valence-electron chi connectivity index (χ2n) is 6.33. The molecule has 3 aromatic carbocycles. The highest BCUT2D eigenvalue weighted by atomic mass is 35.5. The molecule has 0 aliphatic carbocycles. The van der Waals surface area contributed by atoms with Crippen LogP contribution in [0.15, 0.2) is 72.9 Å². The Kier molecular flexibility index (Phi) is 4.90. The monoisotopic (exact) mass is 375 g/mol. The minimum Gasteiger partial charge on any atom is -0.487 e. The third kappa shape index (κ3) is 4.01. The van der Waals surface area contributed by atoms with E-state index in [0.717, 1.165) is 22.0 Å². The summed E-state index contributed by atoms with van der Waals surface area (Å²) in [6.07, 6.45) is 1.75. The number of aryl methyl sites for hydroxylation is 1. The minimum atomic E-state index is 0.475. The maximum absolute atomic E-state index is 6.41. The molecule has 0 amide bonds. The van der Waals surface area contributed by atoms with E-state index in [1.165, 1.54) is 5.56 Å². The molecule has 4 nitrogen and oxygen atoms in total. The van der Waals surface area contributed by atoms with Crippen molar-refractivity contribution < 1.29 is 4.74 Å². The molecule has 134 valence electrons. The average Bonchev–Trinajstić information content (AvgIpc) is 2.68. The lowest BCUT2D eigenvalue weighted by Crippen LogP contribution is -1.98. The molecule has 1 N–H and O–H groups in total. The number of nitrogens with zero attached hydrogens (tertiary/aromatic N) is 2. The smallest absolute Gasteiger partial charge is 0.160 e. The third-order valence-electron chi connectivity index (χ3n) is 4.24. The van der Waals surface area contributed by atoms with E-state index in [2.05, 4.69) is 34.6 Å². The number of rotatable bonds is 5. The van der Waals surface area contributed by atoms with Gasteiger partial charge in [-0.3, -0.25) is 0 Å². The van der Waals surface area contributed by atoms with Crippen molar-refractivity contribution in [1.29, 1.82) is 0 Å². The quantitative estimate of drug-likeness (QED) is 0.470. The van der Waals surface area contributed by atoms with Crippen LogP contribution in [0.3, 0.4) is 0 Å². The average molecular weight is 376 g/mol. The summed E-state index contributed by atoms with van der Waals surface area (Å²) in [4.78, 5) is 0. The highest BCUT2D eigenvalue weighted by Gasteiger charge is 2.07. The molecule has 0 saturated carbocycles. The van der Waals surface area contributed by atoms with Crippen LogP contribution in [-0.4, -0.2) is 10.2 Å². The summed E-state index contributed by atoms with van der Waals surface area (Å²) in [5.41, 5.74) is 3.14. The van der Waals surface area contributed by atoms with E-state index in [1.807, 2.05) is 54.6 Å².